The van der Waals surface area contributed by atoms with E-state index in [0.29, 0.717) is 17.2 Å². The second-order valence-electron chi connectivity index (χ2n) is 4.46. The molecule has 0 aliphatic rings. The summed E-state index contributed by atoms with van der Waals surface area (Å²) in [5.41, 5.74) is 1.85. The molecule has 0 amide bonds. The number of aromatic nitrogens is 1. The fourth-order valence-electron chi connectivity index (χ4n) is 1.98. The molecule has 2 aromatic rings. The zero-order valence-corrected chi connectivity index (χ0v) is 14.0. The molecule has 120 valence electrons. The highest BCUT2D eigenvalue weighted by Crippen LogP contribution is 2.40. The zero-order valence-electron chi connectivity index (χ0n) is 13.2. The number of anilines is 2. The van der Waals surface area contributed by atoms with Gasteiger partial charge in [0.15, 0.2) is 16.6 Å². The third-order valence-corrected chi connectivity index (χ3v) is 3.83. The van der Waals surface area contributed by atoms with Crippen molar-refractivity contribution in [1.29, 1.82) is 0 Å². The van der Waals surface area contributed by atoms with Gasteiger partial charge in [-0.15, -0.1) is 11.3 Å². The Bertz CT molecular complexity index is 591. The average Bonchev–Trinajstić information content (AvgIpc) is 2.99. The highest BCUT2D eigenvalue weighted by molar-refractivity contribution is 7.13. The molecular weight excluding hydrogens is 302 g/mol. The Morgan fingerprint density at radius 1 is 1.09 bits per heavy atom. The van der Waals surface area contributed by atoms with E-state index in [2.05, 4.69) is 22.5 Å². The summed E-state index contributed by atoms with van der Waals surface area (Å²) in [7, 11) is 4.78. The van der Waals surface area contributed by atoms with Crippen molar-refractivity contribution in [3.63, 3.8) is 0 Å². The van der Waals surface area contributed by atoms with Crippen molar-refractivity contribution < 1.29 is 14.2 Å². The maximum atomic E-state index is 5.34. The number of nitrogens with one attached hydrogen (secondary N) is 2. The van der Waals surface area contributed by atoms with Crippen molar-refractivity contribution in [2.75, 3.05) is 33.2 Å². The molecule has 0 aliphatic carbocycles. The fraction of sp³-hybridized carbons (Fsp3) is 0.400. The topological polar surface area (TPSA) is 64.6 Å². The van der Waals surface area contributed by atoms with Crippen LogP contribution in [0.15, 0.2) is 17.5 Å². The molecule has 0 saturated carbocycles. The van der Waals surface area contributed by atoms with Gasteiger partial charge >= 0.3 is 0 Å². The minimum Gasteiger partial charge on any atom is -0.493 e. The fourth-order valence-corrected chi connectivity index (χ4v) is 2.71. The molecule has 0 saturated heterocycles. The third-order valence-electron chi connectivity index (χ3n) is 3.02. The first-order chi connectivity index (χ1) is 10.7. The van der Waals surface area contributed by atoms with Crippen LogP contribution in [-0.4, -0.2) is 32.9 Å². The highest BCUT2D eigenvalue weighted by Gasteiger charge is 2.14. The van der Waals surface area contributed by atoms with Gasteiger partial charge in [0.05, 0.1) is 27.0 Å². The summed E-state index contributed by atoms with van der Waals surface area (Å²) in [4.78, 5) is 4.53. The van der Waals surface area contributed by atoms with Gasteiger partial charge in [-0.2, -0.15) is 0 Å². The summed E-state index contributed by atoms with van der Waals surface area (Å²) in [5.74, 6) is 1.78. The molecule has 1 heterocycles. The molecule has 2 N–H and O–H groups in total. The second kappa shape index (κ2) is 7.86. The van der Waals surface area contributed by atoms with Crippen LogP contribution in [0.3, 0.4) is 0 Å². The van der Waals surface area contributed by atoms with E-state index in [1.807, 2.05) is 17.5 Å². The highest BCUT2D eigenvalue weighted by atomic mass is 32.1. The Hall–Kier alpha value is -1.99. The Morgan fingerprint density at radius 3 is 2.32 bits per heavy atom. The number of methoxy groups -OCH3 is 3. The van der Waals surface area contributed by atoms with Crippen LogP contribution in [0.25, 0.3) is 0 Å². The third kappa shape index (κ3) is 3.80. The zero-order chi connectivity index (χ0) is 15.9. The van der Waals surface area contributed by atoms with E-state index in [4.69, 9.17) is 14.2 Å². The summed E-state index contributed by atoms with van der Waals surface area (Å²) in [6.07, 6.45) is 0. The first kappa shape index (κ1) is 16.4. The molecule has 7 heteroatoms. The van der Waals surface area contributed by atoms with Gasteiger partial charge in [0.25, 0.3) is 0 Å². The lowest BCUT2D eigenvalue weighted by atomic mass is 10.2. The molecule has 1 aromatic carbocycles. The summed E-state index contributed by atoms with van der Waals surface area (Å²) in [5, 5.41) is 9.37. The van der Waals surface area contributed by atoms with E-state index in [9.17, 15) is 0 Å². The van der Waals surface area contributed by atoms with Gasteiger partial charge < -0.3 is 24.8 Å². The number of benzene rings is 1. The van der Waals surface area contributed by atoms with Gasteiger partial charge in [0.2, 0.25) is 5.75 Å². The predicted octanol–water partition coefficient (Wildman–Crippen LogP) is 3.02. The van der Waals surface area contributed by atoms with Crippen LogP contribution in [0, 0.1) is 0 Å². The number of thiazole rings is 1. The Morgan fingerprint density at radius 2 is 1.77 bits per heavy atom. The number of nitrogens with zero attached hydrogens (tertiary/aromatic N) is 1. The quantitative estimate of drug-likeness (QED) is 0.778. The smallest absolute Gasteiger partial charge is 0.203 e. The van der Waals surface area contributed by atoms with Crippen LogP contribution in [0.4, 0.5) is 10.8 Å². The summed E-state index contributed by atoms with van der Waals surface area (Å²) < 4.78 is 16.0. The van der Waals surface area contributed by atoms with Crippen LogP contribution >= 0.6 is 11.3 Å². The van der Waals surface area contributed by atoms with Crippen molar-refractivity contribution in [3.8, 4) is 17.2 Å². The van der Waals surface area contributed by atoms with E-state index in [0.717, 1.165) is 29.6 Å². The van der Waals surface area contributed by atoms with Crippen LogP contribution in [0.5, 0.6) is 17.2 Å². The van der Waals surface area contributed by atoms with Crippen LogP contribution in [0.1, 0.15) is 12.6 Å². The largest absolute Gasteiger partial charge is 0.493 e. The lowest BCUT2D eigenvalue weighted by molar-refractivity contribution is 0.324. The van der Waals surface area contributed by atoms with Gasteiger partial charge in [-0.05, 0) is 6.54 Å². The lowest BCUT2D eigenvalue weighted by Crippen LogP contribution is -2.11. The monoisotopic (exact) mass is 323 g/mol. The van der Waals surface area contributed by atoms with Crippen molar-refractivity contribution in [3.05, 3.63) is 23.2 Å². The maximum absolute atomic E-state index is 5.34. The average molecular weight is 323 g/mol. The van der Waals surface area contributed by atoms with E-state index in [1.54, 1.807) is 32.7 Å². The van der Waals surface area contributed by atoms with Gasteiger partial charge in [-0.3, -0.25) is 0 Å². The Balaban J connectivity index is 2.20. The van der Waals surface area contributed by atoms with Crippen LogP contribution in [0.2, 0.25) is 0 Å². The Labute approximate surface area is 134 Å². The van der Waals surface area contributed by atoms with Gasteiger partial charge in [0.1, 0.15) is 0 Å². The Kier molecular flexibility index (Phi) is 5.85. The van der Waals surface area contributed by atoms with Gasteiger partial charge in [0, 0.05) is 29.7 Å². The first-order valence-electron chi connectivity index (χ1n) is 6.94. The minimum absolute atomic E-state index is 0.572. The van der Waals surface area contributed by atoms with Crippen LogP contribution in [-0.2, 0) is 6.54 Å². The number of hydrogen-bond donors (Lipinski definition) is 2. The van der Waals surface area contributed by atoms with Crippen molar-refractivity contribution in [2.24, 2.45) is 0 Å². The van der Waals surface area contributed by atoms with E-state index < -0.39 is 0 Å². The molecule has 2 rings (SSSR count). The van der Waals surface area contributed by atoms with E-state index in [1.165, 1.54) is 0 Å². The standard InChI is InChI=1S/C15H21N3O3S/c1-5-16-8-11-9-22-15(18-11)17-10-6-12(19-2)14(21-4)13(7-10)20-3/h6-7,9,16H,5,8H2,1-4H3,(H,17,18). The normalized spacial score (nSPS) is 10.4. The van der Waals surface area contributed by atoms with Crippen molar-refractivity contribution in [1.82, 2.24) is 10.3 Å². The van der Waals surface area contributed by atoms with Crippen molar-refractivity contribution in [2.45, 2.75) is 13.5 Å². The van der Waals surface area contributed by atoms with Gasteiger partial charge in [-0.25, -0.2) is 4.98 Å². The lowest BCUT2D eigenvalue weighted by Gasteiger charge is -2.14. The van der Waals surface area contributed by atoms with Crippen LogP contribution < -0.4 is 24.8 Å². The minimum atomic E-state index is 0.572. The number of ether oxygens (including phenoxy) is 3. The molecular formula is C15H21N3O3S. The molecule has 0 atom stereocenters. The summed E-state index contributed by atoms with van der Waals surface area (Å²) >= 11 is 1.56. The number of hydrogen-bond acceptors (Lipinski definition) is 7. The van der Waals surface area contributed by atoms with Gasteiger partial charge in [-0.1, -0.05) is 6.92 Å². The predicted molar refractivity (Wildman–Crippen MR) is 88.9 cm³/mol. The molecule has 1 aromatic heterocycles. The number of rotatable bonds is 8. The molecule has 0 spiro atoms. The summed E-state index contributed by atoms with van der Waals surface area (Å²) in [6.45, 7) is 3.76. The molecule has 0 radical (unpaired) electrons. The van der Waals surface area contributed by atoms with Crippen molar-refractivity contribution >= 4 is 22.2 Å². The first-order valence-corrected chi connectivity index (χ1v) is 7.81. The molecule has 0 unspecified atom stereocenters. The molecule has 0 fully saturated rings. The molecule has 22 heavy (non-hydrogen) atoms. The summed E-state index contributed by atoms with van der Waals surface area (Å²) in [6, 6.07) is 3.71. The molecule has 6 nitrogen and oxygen atoms in total. The van der Waals surface area contributed by atoms with E-state index in [-0.39, 0.29) is 0 Å². The maximum Gasteiger partial charge on any atom is 0.203 e. The molecule has 0 bridgehead atoms. The van der Waals surface area contributed by atoms with E-state index >= 15 is 0 Å². The SMILES string of the molecule is CCNCc1csc(Nc2cc(OC)c(OC)c(OC)c2)n1. The molecule has 0 aliphatic heterocycles. The second-order valence-corrected chi connectivity index (χ2v) is 5.32.